The maximum atomic E-state index is 13.0. The fourth-order valence-electron chi connectivity index (χ4n) is 1.47. The van der Waals surface area contributed by atoms with Crippen LogP contribution in [-0.2, 0) is 11.2 Å². The molecule has 0 saturated carbocycles. The van der Waals surface area contributed by atoms with Crippen LogP contribution in [-0.4, -0.2) is 18.1 Å². The topological polar surface area (TPSA) is 39.2 Å². The van der Waals surface area contributed by atoms with Crippen molar-refractivity contribution in [3.63, 3.8) is 0 Å². The van der Waals surface area contributed by atoms with Crippen molar-refractivity contribution in [2.24, 2.45) is 0 Å². The average Bonchev–Trinajstić information content (AvgIpc) is 2.75. The van der Waals surface area contributed by atoms with E-state index in [2.05, 4.69) is 9.72 Å². The van der Waals surface area contributed by atoms with Crippen LogP contribution in [0.2, 0.25) is 0 Å². The Hall–Kier alpha value is -1.82. The molecule has 0 bridgehead atoms. The fourth-order valence-corrected chi connectivity index (χ4v) is 2.34. The van der Waals surface area contributed by atoms with Crippen LogP contribution in [0.3, 0.4) is 0 Å². The van der Waals surface area contributed by atoms with Gasteiger partial charge in [-0.15, -0.1) is 11.3 Å². The zero-order valence-electron chi connectivity index (χ0n) is 9.44. The Morgan fingerprint density at radius 2 is 2.00 bits per heavy atom. The van der Waals surface area contributed by atoms with E-state index in [1.807, 2.05) is 0 Å². The van der Waals surface area contributed by atoms with Crippen LogP contribution in [0.1, 0.15) is 20.2 Å². The lowest BCUT2D eigenvalue weighted by molar-refractivity contribution is 0.0606. The number of esters is 1. The number of hydrogen-bond acceptors (Lipinski definition) is 4. The van der Waals surface area contributed by atoms with Gasteiger partial charge in [-0.1, -0.05) is 0 Å². The number of carbonyl (C=O) groups excluding carboxylic acids is 1. The van der Waals surface area contributed by atoms with E-state index in [1.54, 1.807) is 0 Å². The molecule has 0 fully saturated rings. The molecule has 0 spiro atoms. The average molecular weight is 269 g/mol. The first kappa shape index (κ1) is 12.6. The van der Waals surface area contributed by atoms with Crippen molar-refractivity contribution in [1.82, 2.24) is 4.98 Å². The summed E-state index contributed by atoms with van der Waals surface area (Å²) in [5.74, 6) is -1.73. The second-order valence-corrected chi connectivity index (χ2v) is 4.68. The van der Waals surface area contributed by atoms with E-state index < -0.39 is 17.6 Å². The summed E-state index contributed by atoms with van der Waals surface area (Å²) in [6.45, 7) is 0. The Kier molecular flexibility index (Phi) is 3.66. The third-order valence-electron chi connectivity index (χ3n) is 2.22. The highest BCUT2D eigenvalue weighted by atomic mass is 32.1. The first-order valence-electron chi connectivity index (χ1n) is 5.06. The fraction of sp³-hybridized carbons (Fsp3) is 0.167. The Morgan fingerprint density at radius 1 is 1.33 bits per heavy atom. The van der Waals surface area contributed by atoms with Gasteiger partial charge in [0.1, 0.15) is 16.5 Å². The van der Waals surface area contributed by atoms with Crippen LogP contribution in [0, 0.1) is 11.6 Å². The summed E-state index contributed by atoms with van der Waals surface area (Å²) in [5.41, 5.74) is 0.471. The Bertz CT molecular complexity index is 563. The molecule has 0 N–H and O–H groups in total. The Morgan fingerprint density at radius 3 is 2.61 bits per heavy atom. The lowest BCUT2D eigenvalue weighted by Crippen LogP contribution is -1.96. The number of methoxy groups -OCH3 is 1. The second kappa shape index (κ2) is 5.22. The maximum Gasteiger partial charge on any atom is 0.349 e. The van der Waals surface area contributed by atoms with Gasteiger partial charge < -0.3 is 4.74 Å². The molecule has 0 amide bonds. The summed E-state index contributed by atoms with van der Waals surface area (Å²) in [5, 5.41) is 0.598. The molecule has 3 nitrogen and oxygen atoms in total. The number of nitrogens with zero attached hydrogens (tertiary/aromatic N) is 1. The van der Waals surface area contributed by atoms with Crippen LogP contribution < -0.4 is 0 Å². The van der Waals surface area contributed by atoms with Crippen molar-refractivity contribution in [3.05, 3.63) is 51.5 Å². The minimum absolute atomic E-state index is 0.274. The highest BCUT2D eigenvalue weighted by Gasteiger charge is 2.11. The first-order chi connectivity index (χ1) is 8.58. The smallest absolute Gasteiger partial charge is 0.349 e. The Balaban J connectivity index is 2.18. The van der Waals surface area contributed by atoms with E-state index in [9.17, 15) is 13.6 Å². The zero-order valence-corrected chi connectivity index (χ0v) is 10.3. The third kappa shape index (κ3) is 2.89. The van der Waals surface area contributed by atoms with E-state index in [-0.39, 0.29) is 6.42 Å². The molecule has 94 valence electrons. The molecule has 0 atom stereocenters. The standard InChI is InChI=1S/C12H9F2NO2S/c1-17-12(16)10-6-15-11(18-10)4-7-2-8(13)5-9(14)3-7/h2-3,5-6H,4H2,1H3. The SMILES string of the molecule is COC(=O)c1cnc(Cc2cc(F)cc(F)c2)s1. The highest BCUT2D eigenvalue weighted by Crippen LogP contribution is 2.18. The molecule has 2 rings (SSSR count). The van der Waals surface area contributed by atoms with Crippen molar-refractivity contribution in [3.8, 4) is 0 Å². The van der Waals surface area contributed by atoms with Crippen molar-refractivity contribution in [2.75, 3.05) is 7.11 Å². The van der Waals surface area contributed by atoms with Crippen LogP contribution >= 0.6 is 11.3 Å². The molecule has 0 saturated heterocycles. The normalized spacial score (nSPS) is 10.4. The lowest BCUT2D eigenvalue weighted by Gasteiger charge is -1.99. The molecular weight excluding hydrogens is 260 g/mol. The Labute approximate surface area is 106 Å². The number of ether oxygens (including phenoxy) is 1. The van der Waals surface area contributed by atoms with Gasteiger partial charge in [0.15, 0.2) is 0 Å². The molecule has 0 aliphatic rings. The van der Waals surface area contributed by atoms with Gasteiger partial charge in [-0.2, -0.15) is 0 Å². The number of benzene rings is 1. The summed E-state index contributed by atoms with van der Waals surface area (Å²) < 4.78 is 30.5. The van der Waals surface area contributed by atoms with Crippen LogP contribution in [0.15, 0.2) is 24.4 Å². The second-order valence-electron chi connectivity index (χ2n) is 3.56. The number of carbonyl (C=O) groups is 1. The number of halogens is 2. The predicted molar refractivity (Wildman–Crippen MR) is 62.6 cm³/mol. The minimum atomic E-state index is -0.630. The number of rotatable bonds is 3. The monoisotopic (exact) mass is 269 g/mol. The van der Waals surface area contributed by atoms with Crippen molar-refractivity contribution < 1.29 is 18.3 Å². The summed E-state index contributed by atoms with van der Waals surface area (Å²) in [6, 6.07) is 3.29. The van der Waals surface area contributed by atoms with Gasteiger partial charge in [0.05, 0.1) is 18.3 Å². The van der Waals surface area contributed by atoms with E-state index in [0.29, 0.717) is 15.4 Å². The van der Waals surface area contributed by atoms with Crippen molar-refractivity contribution >= 4 is 17.3 Å². The van der Waals surface area contributed by atoms with Gasteiger partial charge in [-0.05, 0) is 17.7 Å². The minimum Gasteiger partial charge on any atom is -0.465 e. The third-order valence-corrected chi connectivity index (χ3v) is 3.20. The summed E-state index contributed by atoms with van der Waals surface area (Å²) in [4.78, 5) is 15.6. The van der Waals surface area contributed by atoms with Crippen molar-refractivity contribution in [1.29, 1.82) is 0 Å². The van der Waals surface area contributed by atoms with Gasteiger partial charge in [0.2, 0.25) is 0 Å². The predicted octanol–water partition coefficient (Wildman–Crippen LogP) is 2.80. The van der Waals surface area contributed by atoms with Gasteiger partial charge in [-0.25, -0.2) is 18.6 Å². The van der Waals surface area contributed by atoms with Crippen LogP contribution in [0.25, 0.3) is 0 Å². The number of thiazole rings is 1. The summed E-state index contributed by atoms with van der Waals surface area (Å²) in [7, 11) is 1.28. The summed E-state index contributed by atoms with van der Waals surface area (Å²) in [6.07, 6.45) is 1.66. The highest BCUT2D eigenvalue weighted by molar-refractivity contribution is 7.13. The van der Waals surface area contributed by atoms with E-state index in [0.717, 1.165) is 17.4 Å². The largest absolute Gasteiger partial charge is 0.465 e. The molecule has 1 aromatic heterocycles. The molecule has 0 radical (unpaired) electrons. The van der Waals surface area contributed by atoms with Gasteiger partial charge in [0, 0.05) is 12.5 Å². The van der Waals surface area contributed by atoms with E-state index >= 15 is 0 Å². The molecular formula is C12H9F2NO2S. The van der Waals surface area contributed by atoms with Crippen molar-refractivity contribution in [2.45, 2.75) is 6.42 Å². The molecule has 1 aromatic carbocycles. The zero-order chi connectivity index (χ0) is 13.1. The number of aromatic nitrogens is 1. The van der Waals surface area contributed by atoms with Crippen LogP contribution in [0.4, 0.5) is 8.78 Å². The van der Waals surface area contributed by atoms with E-state index in [1.165, 1.54) is 25.4 Å². The molecule has 0 aliphatic heterocycles. The molecule has 6 heteroatoms. The lowest BCUT2D eigenvalue weighted by atomic mass is 10.1. The molecule has 0 aliphatic carbocycles. The molecule has 2 aromatic rings. The quantitative estimate of drug-likeness (QED) is 0.804. The first-order valence-corrected chi connectivity index (χ1v) is 5.88. The van der Waals surface area contributed by atoms with Crippen LogP contribution in [0.5, 0.6) is 0 Å². The molecule has 1 heterocycles. The number of hydrogen-bond donors (Lipinski definition) is 0. The van der Waals surface area contributed by atoms with E-state index in [4.69, 9.17) is 0 Å². The molecule has 18 heavy (non-hydrogen) atoms. The maximum absolute atomic E-state index is 13.0. The van der Waals surface area contributed by atoms with Gasteiger partial charge in [0.25, 0.3) is 0 Å². The van der Waals surface area contributed by atoms with Gasteiger partial charge in [-0.3, -0.25) is 0 Å². The summed E-state index contributed by atoms with van der Waals surface area (Å²) >= 11 is 1.14. The van der Waals surface area contributed by atoms with Gasteiger partial charge >= 0.3 is 5.97 Å². The molecule has 0 unspecified atom stereocenters.